The zero-order valence-corrected chi connectivity index (χ0v) is 13.5. The third kappa shape index (κ3) is 3.02. The molecular formula is C16H12N2O6S. The Bertz CT molecular complexity index is 1010. The van der Waals surface area contributed by atoms with Crippen molar-refractivity contribution in [1.29, 1.82) is 0 Å². The fourth-order valence-electron chi connectivity index (χ4n) is 2.53. The van der Waals surface area contributed by atoms with E-state index >= 15 is 0 Å². The maximum Gasteiger partial charge on any atom is 0.335 e. The Morgan fingerprint density at radius 1 is 1.00 bits per heavy atom. The molecule has 0 spiro atoms. The molecule has 0 fully saturated rings. The van der Waals surface area contributed by atoms with Crippen LogP contribution >= 0.6 is 0 Å². The van der Waals surface area contributed by atoms with E-state index in [0.29, 0.717) is 5.56 Å². The van der Waals surface area contributed by atoms with Crippen molar-refractivity contribution in [2.24, 2.45) is 5.14 Å². The minimum absolute atomic E-state index is 0.0334. The van der Waals surface area contributed by atoms with Crippen LogP contribution in [0.4, 0.5) is 0 Å². The number of primary sulfonamides is 1. The fourth-order valence-corrected chi connectivity index (χ4v) is 3.05. The van der Waals surface area contributed by atoms with E-state index in [-0.39, 0.29) is 28.1 Å². The first kappa shape index (κ1) is 16.8. The number of hydrogen-bond acceptors (Lipinski definition) is 5. The van der Waals surface area contributed by atoms with Crippen molar-refractivity contribution in [2.45, 2.75) is 11.4 Å². The second-order valence-corrected chi connectivity index (χ2v) is 7.01. The number of imide groups is 1. The van der Waals surface area contributed by atoms with Gasteiger partial charge in [0, 0.05) is 0 Å². The van der Waals surface area contributed by atoms with Gasteiger partial charge in [-0.1, -0.05) is 12.1 Å². The fraction of sp³-hybridized carbons (Fsp3) is 0.0625. The molecule has 9 heteroatoms. The SMILES string of the molecule is NS(=O)(=O)c1ccc(CN2C(=O)c3ccc(C(=O)O)cc3C2=O)cc1. The quantitative estimate of drug-likeness (QED) is 0.775. The highest BCUT2D eigenvalue weighted by Gasteiger charge is 2.36. The number of amides is 2. The van der Waals surface area contributed by atoms with E-state index in [1.54, 1.807) is 0 Å². The van der Waals surface area contributed by atoms with Crippen LogP contribution in [-0.2, 0) is 16.6 Å². The van der Waals surface area contributed by atoms with Gasteiger partial charge in [-0.15, -0.1) is 0 Å². The lowest BCUT2D eigenvalue weighted by Crippen LogP contribution is -2.29. The Labute approximate surface area is 142 Å². The van der Waals surface area contributed by atoms with E-state index in [4.69, 9.17) is 10.2 Å². The largest absolute Gasteiger partial charge is 0.478 e. The third-order valence-corrected chi connectivity index (χ3v) is 4.74. The number of nitrogens with two attached hydrogens (primary N) is 1. The van der Waals surface area contributed by atoms with E-state index < -0.39 is 27.8 Å². The van der Waals surface area contributed by atoms with Gasteiger partial charge < -0.3 is 5.11 Å². The number of carboxylic acids is 1. The predicted octanol–water partition coefficient (Wildman–Crippen LogP) is 0.828. The maximum atomic E-state index is 12.4. The molecule has 0 unspecified atom stereocenters. The summed E-state index contributed by atoms with van der Waals surface area (Å²) in [5.74, 6) is -2.33. The van der Waals surface area contributed by atoms with Crippen molar-refractivity contribution >= 4 is 27.8 Å². The number of sulfonamides is 1. The highest BCUT2D eigenvalue weighted by atomic mass is 32.2. The Balaban J connectivity index is 1.88. The lowest BCUT2D eigenvalue weighted by atomic mass is 10.1. The molecule has 0 bridgehead atoms. The van der Waals surface area contributed by atoms with Gasteiger partial charge in [-0.3, -0.25) is 14.5 Å². The van der Waals surface area contributed by atoms with Crippen molar-refractivity contribution in [1.82, 2.24) is 4.90 Å². The molecule has 2 aromatic rings. The number of carboxylic acid groups (broad SMARTS) is 1. The van der Waals surface area contributed by atoms with Crippen LogP contribution < -0.4 is 5.14 Å². The van der Waals surface area contributed by atoms with E-state index in [2.05, 4.69) is 0 Å². The molecule has 0 saturated heterocycles. The molecule has 3 N–H and O–H groups in total. The molecule has 8 nitrogen and oxygen atoms in total. The Morgan fingerprint density at radius 3 is 2.16 bits per heavy atom. The number of carbonyl (C=O) groups excluding carboxylic acids is 2. The van der Waals surface area contributed by atoms with Crippen LogP contribution in [-0.4, -0.2) is 36.2 Å². The average molecular weight is 360 g/mol. The molecule has 2 aromatic carbocycles. The van der Waals surface area contributed by atoms with Gasteiger partial charge in [-0.2, -0.15) is 0 Å². The van der Waals surface area contributed by atoms with Gasteiger partial charge in [-0.05, 0) is 35.9 Å². The zero-order chi connectivity index (χ0) is 18.4. The van der Waals surface area contributed by atoms with Crippen LogP contribution in [0.5, 0.6) is 0 Å². The first-order valence-electron chi connectivity index (χ1n) is 7.04. The van der Waals surface area contributed by atoms with E-state index in [0.717, 1.165) is 4.90 Å². The number of nitrogens with zero attached hydrogens (tertiary/aromatic N) is 1. The molecule has 1 heterocycles. The normalized spacial score (nSPS) is 13.9. The molecule has 3 rings (SSSR count). The lowest BCUT2D eigenvalue weighted by molar-refractivity contribution is 0.0640. The zero-order valence-electron chi connectivity index (χ0n) is 12.7. The summed E-state index contributed by atoms with van der Waals surface area (Å²) >= 11 is 0. The van der Waals surface area contributed by atoms with Gasteiger partial charge in [0.05, 0.1) is 28.1 Å². The molecule has 128 valence electrons. The topological polar surface area (TPSA) is 135 Å². The minimum Gasteiger partial charge on any atom is -0.478 e. The van der Waals surface area contributed by atoms with E-state index in [1.807, 2.05) is 0 Å². The molecule has 0 saturated carbocycles. The van der Waals surface area contributed by atoms with Gasteiger partial charge >= 0.3 is 5.97 Å². The van der Waals surface area contributed by atoms with Gasteiger partial charge in [0.1, 0.15) is 0 Å². The molecule has 25 heavy (non-hydrogen) atoms. The molecule has 0 aliphatic carbocycles. The Kier molecular flexibility index (Phi) is 3.90. The van der Waals surface area contributed by atoms with Crippen LogP contribution in [0.25, 0.3) is 0 Å². The monoisotopic (exact) mass is 360 g/mol. The van der Waals surface area contributed by atoms with Crippen LogP contribution in [0.15, 0.2) is 47.4 Å². The average Bonchev–Trinajstić information content (AvgIpc) is 2.79. The van der Waals surface area contributed by atoms with Crippen molar-refractivity contribution in [3.8, 4) is 0 Å². The number of benzene rings is 2. The molecule has 0 aromatic heterocycles. The Hall–Kier alpha value is -3.04. The van der Waals surface area contributed by atoms with Gasteiger partial charge in [0.25, 0.3) is 11.8 Å². The van der Waals surface area contributed by atoms with Gasteiger partial charge in [0.2, 0.25) is 10.0 Å². The maximum absolute atomic E-state index is 12.4. The Morgan fingerprint density at radius 2 is 1.60 bits per heavy atom. The lowest BCUT2D eigenvalue weighted by Gasteiger charge is -2.14. The summed E-state index contributed by atoms with van der Waals surface area (Å²) in [6, 6.07) is 9.20. The third-order valence-electron chi connectivity index (χ3n) is 3.81. The van der Waals surface area contributed by atoms with Gasteiger partial charge in [0.15, 0.2) is 0 Å². The smallest absolute Gasteiger partial charge is 0.335 e. The number of hydrogen-bond donors (Lipinski definition) is 2. The highest BCUT2D eigenvalue weighted by molar-refractivity contribution is 7.89. The van der Waals surface area contributed by atoms with E-state index in [9.17, 15) is 22.8 Å². The second-order valence-electron chi connectivity index (χ2n) is 5.45. The molecule has 0 radical (unpaired) electrons. The highest BCUT2D eigenvalue weighted by Crippen LogP contribution is 2.26. The molecule has 0 atom stereocenters. The van der Waals surface area contributed by atoms with Crippen molar-refractivity contribution in [3.05, 3.63) is 64.7 Å². The minimum atomic E-state index is -3.83. The van der Waals surface area contributed by atoms with Crippen molar-refractivity contribution in [3.63, 3.8) is 0 Å². The summed E-state index contributed by atoms with van der Waals surface area (Å²) in [6.07, 6.45) is 0. The summed E-state index contributed by atoms with van der Waals surface area (Å²) in [7, 11) is -3.83. The molecule has 1 aliphatic rings. The summed E-state index contributed by atoms with van der Waals surface area (Å²) in [6.45, 7) is -0.0698. The van der Waals surface area contributed by atoms with Crippen LogP contribution in [0.1, 0.15) is 36.6 Å². The summed E-state index contributed by atoms with van der Waals surface area (Å²) in [5.41, 5.74) is 0.613. The number of aromatic carboxylic acids is 1. The molecule has 1 aliphatic heterocycles. The van der Waals surface area contributed by atoms with Crippen LogP contribution in [0.2, 0.25) is 0 Å². The molecular weight excluding hydrogens is 348 g/mol. The number of fused-ring (bicyclic) bond motifs is 1. The van der Waals surface area contributed by atoms with Crippen molar-refractivity contribution in [2.75, 3.05) is 0 Å². The van der Waals surface area contributed by atoms with Crippen molar-refractivity contribution < 1.29 is 27.9 Å². The summed E-state index contributed by atoms with van der Waals surface area (Å²) in [5, 5.41) is 14.0. The first-order valence-corrected chi connectivity index (χ1v) is 8.58. The standard InChI is InChI=1S/C16H12N2O6S/c17-25(23,24)11-4-1-9(2-5-11)8-18-14(19)12-6-3-10(16(21)22)7-13(12)15(18)20/h1-7H,8H2,(H,21,22)(H2,17,23,24). The summed E-state index contributed by atoms with van der Waals surface area (Å²) < 4.78 is 22.5. The summed E-state index contributed by atoms with van der Waals surface area (Å²) in [4.78, 5) is 36.7. The number of carbonyl (C=O) groups is 3. The van der Waals surface area contributed by atoms with Crippen LogP contribution in [0, 0.1) is 0 Å². The van der Waals surface area contributed by atoms with Crippen LogP contribution in [0.3, 0.4) is 0 Å². The molecule has 2 amide bonds. The van der Waals surface area contributed by atoms with Gasteiger partial charge in [-0.25, -0.2) is 18.4 Å². The van der Waals surface area contributed by atoms with E-state index in [1.165, 1.54) is 42.5 Å². The first-order chi connectivity index (χ1) is 11.7. The number of rotatable bonds is 4. The predicted molar refractivity (Wildman–Crippen MR) is 85.4 cm³/mol. The second kappa shape index (κ2) is 5.80.